The summed E-state index contributed by atoms with van der Waals surface area (Å²) in [6.07, 6.45) is 0.486. The van der Waals surface area contributed by atoms with Gasteiger partial charge in [0.1, 0.15) is 5.41 Å². The van der Waals surface area contributed by atoms with Gasteiger partial charge in [0.15, 0.2) is 5.84 Å². The van der Waals surface area contributed by atoms with Crippen molar-refractivity contribution in [3.63, 3.8) is 0 Å². The Hall–Kier alpha value is -1.26. The number of nitrogens with two attached hydrogens (primary N) is 1. The summed E-state index contributed by atoms with van der Waals surface area (Å²) in [5.74, 6) is 0.0901. The maximum Gasteiger partial charge on any atom is 0.233 e. The fourth-order valence-electron chi connectivity index (χ4n) is 1.10. The summed E-state index contributed by atoms with van der Waals surface area (Å²) in [4.78, 5) is 12.0. The molecule has 0 saturated heterocycles. The lowest BCUT2D eigenvalue weighted by Gasteiger charge is -2.28. The second-order valence-corrected chi connectivity index (χ2v) is 4.68. The molecule has 2 atom stereocenters. The number of hydrogen-bond donors (Lipinski definition) is 3. The molecule has 94 valence electrons. The normalized spacial score (nSPS) is 18.0. The van der Waals surface area contributed by atoms with Crippen molar-refractivity contribution in [1.82, 2.24) is 5.32 Å². The number of oxime groups is 1. The molecule has 0 fully saturated rings. The molecule has 0 aromatic carbocycles. The number of carbonyl (C=O) groups excluding carboxylic acids is 1. The molecular weight excluding hydrogens is 206 g/mol. The zero-order valence-corrected chi connectivity index (χ0v) is 10.7. The van der Waals surface area contributed by atoms with Crippen LogP contribution in [0.3, 0.4) is 0 Å². The van der Waals surface area contributed by atoms with E-state index in [1.54, 1.807) is 6.92 Å². The molecule has 16 heavy (non-hydrogen) atoms. The van der Waals surface area contributed by atoms with Crippen LogP contribution in [0, 0.1) is 11.3 Å². The van der Waals surface area contributed by atoms with Gasteiger partial charge in [-0.15, -0.1) is 0 Å². The highest BCUT2D eigenvalue weighted by Gasteiger charge is 2.37. The van der Waals surface area contributed by atoms with Gasteiger partial charge in [0.2, 0.25) is 5.91 Å². The minimum absolute atomic E-state index is 0.0524. The third-order valence-electron chi connectivity index (χ3n) is 3.24. The van der Waals surface area contributed by atoms with E-state index < -0.39 is 5.41 Å². The Morgan fingerprint density at radius 2 is 2.00 bits per heavy atom. The van der Waals surface area contributed by atoms with Crippen molar-refractivity contribution in [3.8, 4) is 0 Å². The standard InChI is InChI=1S/C11H23N3O2/c1-6-11(5,9(12)14-16)10(15)13-8(4)7(2)3/h7-8,16H,6H2,1-5H3,(H2,12,14)(H,13,15). The van der Waals surface area contributed by atoms with Crippen molar-refractivity contribution in [2.24, 2.45) is 22.2 Å². The molecule has 0 spiro atoms. The molecule has 0 aromatic heterocycles. The Kier molecular flexibility index (Phi) is 5.27. The van der Waals surface area contributed by atoms with E-state index in [0.29, 0.717) is 12.3 Å². The Balaban J connectivity index is 4.80. The summed E-state index contributed by atoms with van der Waals surface area (Å²) >= 11 is 0. The van der Waals surface area contributed by atoms with E-state index >= 15 is 0 Å². The van der Waals surface area contributed by atoms with Crippen LogP contribution in [0.2, 0.25) is 0 Å². The van der Waals surface area contributed by atoms with Crippen LogP contribution in [0.15, 0.2) is 5.16 Å². The van der Waals surface area contributed by atoms with E-state index in [-0.39, 0.29) is 17.8 Å². The van der Waals surface area contributed by atoms with Gasteiger partial charge in [0.05, 0.1) is 0 Å². The first-order chi connectivity index (χ1) is 7.29. The van der Waals surface area contributed by atoms with Crippen molar-refractivity contribution in [2.75, 3.05) is 0 Å². The van der Waals surface area contributed by atoms with Crippen molar-refractivity contribution in [1.29, 1.82) is 0 Å². The Bertz CT molecular complexity index is 276. The number of amides is 1. The minimum atomic E-state index is -0.947. The Morgan fingerprint density at radius 1 is 1.50 bits per heavy atom. The molecule has 5 heteroatoms. The third-order valence-corrected chi connectivity index (χ3v) is 3.24. The topological polar surface area (TPSA) is 87.7 Å². The maximum atomic E-state index is 12.0. The van der Waals surface area contributed by atoms with E-state index in [1.807, 2.05) is 27.7 Å². The van der Waals surface area contributed by atoms with Gasteiger partial charge in [-0.25, -0.2) is 0 Å². The van der Waals surface area contributed by atoms with E-state index in [1.165, 1.54) is 0 Å². The number of carbonyl (C=O) groups is 1. The molecule has 0 aliphatic rings. The van der Waals surface area contributed by atoms with Crippen molar-refractivity contribution < 1.29 is 10.0 Å². The van der Waals surface area contributed by atoms with E-state index in [9.17, 15) is 4.79 Å². The zero-order chi connectivity index (χ0) is 12.9. The molecule has 0 rings (SSSR count). The highest BCUT2D eigenvalue weighted by Crippen LogP contribution is 2.22. The van der Waals surface area contributed by atoms with Crippen LogP contribution in [0.1, 0.15) is 41.0 Å². The molecule has 0 aliphatic carbocycles. The largest absolute Gasteiger partial charge is 0.409 e. The molecule has 1 amide bonds. The van der Waals surface area contributed by atoms with Crippen LogP contribution in [0.5, 0.6) is 0 Å². The second-order valence-electron chi connectivity index (χ2n) is 4.68. The number of nitrogens with zero attached hydrogens (tertiary/aromatic N) is 1. The number of nitrogens with one attached hydrogen (secondary N) is 1. The average molecular weight is 229 g/mol. The van der Waals surface area contributed by atoms with Crippen LogP contribution < -0.4 is 11.1 Å². The number of rotatable bonds is 5. The molecule has 0 aliphatic heterocycles. The summed E-state index contributed by atoms with van der Waals surface area (Å²) in [7, 11) is 0. The molecule has 2 unspecified atom stereocenters. The van der Waals surface area contributed by atoms with Gasteiger partial charge >= 0.3 is 0 Å². The van der Waals surface area contributed by atoms with Crippen LogP contribution in [-0.2, 0) is 4.79 Å². The summed E-state index contributed by atoms with van der Waals surface area (Å²) in [6.45, 7) is 9.49. The molecule has 0 heterocycles. The van der Waals surface area contributed by atoms with Gasteiger partial charge in [-0.05, 0) is 26.2 Å². The third kappa shape index (κ3) is 3.12. The first-order valence-corrected chi connectivity index (χ1v) is 5.58. The fourth-order valence-corrected chi connectivity index (χ4v) is 1.10. The van der Waals surface area contributed by atoms with Gasteiger partial charge in [-0.2, -0.15) is 0 Å². The van der Waals surface area contributed by atoms with Gasteiger partial charge < -0.3 is 16.3 Å². The van der Waals surface area contributed by atoms with Crippen molar-refractivity contribution in [3.05, 3.63) is 0 Å². The quantitative estimate of drug-likeness (QED) is 0.287. The highest BCUT2D eigenvalue weighted by atomic mass is 16.4. The van der Waals surface area contributed by atoms with Gasteiger partial charge in [-0.3, -0.25) is 4.79 Å². The van der Waals surface area contributed by atoms with E-state index in [4.69, 9.17) is 10.9 Å². The summed E-state index contributed by atoms with van der Waals surface area (Å²) in [5.41, 5.74) is 4.61. The van der Waals surface area contributed by atoms with Gasteiger partial charge in [-0.1, -0.05) is 25.9 Å². The lowest BCUT2D eigenvalue weighted by Crippen LogP contribution is -2.50. The monoisotopic (exact) mass is 229 g/mol. The van der Waals surface area contributed by atoms with Crippen LogP contribution >= 0.6 is 0 Å². The molecular formula is C11H23N3O2. The molecule has 4 N–H and O–H groups in total. The lowest BCUT2D eigenvalue weighted by molar-refractivity contribution is -0.128. The van der Waals surface area contributed by atoms with Crippen LogP contribution in [0.25, 0.3) is 0 Å². The predicted molar refractivity (Wildman–Crippen MR) is 64.2 cm³/mol. The predicted octanol–water partition coefficient (Wildman–Crippen LogP) is 1.31. The smallest absolute Gasteiger partial charge is 0.233 e. The second kappa shape index (κ2) is 5.72. The average Bonchev–Trinajstić information content (AvgIpc) is 2.26. The fraction of sp³-hybridized carbons (Fsp3) is 0.818. The molecule has 0 bridgehead atoms. The van der Waals surface area contributed by atoms with Crippen molar-refractivity contribution in [2.45, 2.75) is 47.1 Å². The molecule has 5 nitrogen and oxygen atoms in total. The molecule has 0 radical (unpaired) electrons. The maximum absolute atomic E-state index is 12.0. The first kappa shape index (κ1) is 14.7. The van der Waals surface area contributed by atoms with E-state index in [2.05, 4.69) is 10.5 Å². The van der Waals surface area contributed by atoms with Crippen molar-refractivity contribution >= 4 is 11.7 Å². The van der Waals surface area contributed by atoms with Crippen LogP contribution in [-0.4, -0.2) is 23.0 Å². The Morgan fingerprint density at radius 3 is 2.31 bits per heavy atom. The first-order valence-electron chi connectivity index (χ1n) is 5.58. The number of amidine groups is 1. The lowest BCUT2D eigenvalue weighted by atomic mass is 9.84. The SMILES string of the molecule is CCC(C)(C(=O)NC(C)C(C)C)C(N)=NO. The van der Waals surface area contributed by atoms with E-state index in [0.717, 1.165) is 0 Å². The van der Waals surface area contributed by atoms with Crippen LogP contribution in [0.4, 0.5) is 0 Å². The van der Waals surface area contributed by atoms with Gasteiger partial charge in [0.25, 0.3) is 0 Å². The zero-order valence-electron chi connectivity index (χ0n) is 10.7. The molecule has 0 aromatic rings. The Labute approximate surface area is 97.1 Å². The highest BCUT2D eigenvalue weighted by molar-refractivity contribution is 6.06. The summed E-state index contributed by atoms with van der Waals surface area (Å²) < 4.78 is 0. The summed E-state index contributed by atoms with van der Waals surface area (Å²) in [5, 5.41) is 14.5. The van der Waals surface area contributed by atoms with Gasteiger partial charge in [0, 0.05) is 6.04 Å². The summed E-state index contributed by atoms with van der Waals surface area (Å²) in [6, 6.07) is 0.0601. The molecule has 0 saturated carbocycles. The number of hydrogen-bond acceptors (Lipinski definition) is 3. The minimum Gasteiger partial charge on any atom is -0.409 e.